The second-order valence-electron chi connectivity index (χ2n) is 7.57. The lowest BCUT2D eigenvalue weighted by Gasteiger charge is -2.18. The summed E-state index contributed by atoms with van der Waals surface area (Å²) in [7, 11) is 1.19. The van der Waals surface area contributed by atoms with Gasteiger partial charge >= 0.3 is 17.8 Å². The number of carbonyl (C=O) groups excluding carboxylic acids is 1. The number of fused-ring (bicyclic) bond motifs is 2. The molecule has 2 aromatic heterocycles. The molecule has 0 fully saturated rings. The van der Waals surface area contributed by atoms with Gasteiger partial charge in [0.15, 0.2) is 0 Å². The van der Waals surface area contributed by atoms with Crippen molar-refractivity contribution in [3.63, 3.8) is 0 Å². The van der Waals surface area contributed by atoms with Gasteiger partial charge in [0.25, 0.3) is 5.56 Å². The standard InChI is InChI=1S/C23H18F3N3O4/c1-13(21(31)33-2)12-28-18-8-7-15(23(24,25)26)9-17(18)20(30)29(22(28)32)19-11-27-10-14-5-3-4-6-16(14)19/h3-11,13H,12H2,1-2H3. The van der Waals surface area contributed by atoms with E-state index >= 15 is 0 Å². The number of carbonyl (C=O) groups is 1. The molecule has 4 rings (SSSR count). The largest absolute Gasteiger partial charge is 0.469 e. The number of halogens is 3. The highest BCUT2D eigenvalue weighted by Gasteiger charge is 2.31. The molecule has 0 saturated heterocycles. The number of aromatic nitrogens is 3. The summed E-state index contributed by atoms with van der Waals surface area (Å²) in [5, 5.41) is 0.847. The van der Waals surface area contributed by atoms with Crippen LogP contribution in [0.15, 0.2) is 64.4 Å². The van der Waals surface area contributed by atoms with Gasteiger partial charge in [-0.05, 0) is 18.2 Å². The Kier molecular flexibility index (Phi) is 5.52. The van der Waals surface area contributed by atoms with Crippen LogP contribution in [-0.4, -0.2) is 27.2 Å². The topological polar surface area (TPSA) is 83.2 Å². The van der Waals surface area contributed by atoms with Crippen LogP contribution in [0.2, 0.25) is 0 Å². The van der Waals surface area contributed by atoms with Crippen LogP contribution >= 0.6 is 0 Å². The first-order valence-corrected chi connectivity index (χ1v) is 9.91. The number of ether oxygens (including phenoxy) is 1. The SMILES string of the molecule is COC(=O)C(C)Cn1c(=O)n(-c2cncc3ccccc23)c(=O)c2cc(C(F)(F)F)ccc21. The lowest BCUT2D eigenvalue weighted by molar-refractivity contribution is -0.145. The zero-order chi connectivity index (χ0) is 23.9. The predicted molar refractivity (Wildman–Crippen MR) is 115 cm³/mol. The van der Waals surface area contributed by atoms with E-state index in [1.54, 1.807) is 30.5 Å². The van der Waals surface area contributed by atoms with Gasteiger partial charge in [-0.2, -0.15) is 13.2 Å². The molecule has 2 heterocycles. The molecule has 4 aromatic rings. The molecule has 0 aliphatic rings. The van der Waals surface area contributed by atoms with Crippen LogP contribution in [0, 0.1) is 5.92 Å². The van der Waals surface area contributed by atoms with E-state index in [1.807, 2.05) is 0 Å². The summed E-state index contributed by atoms with van der Waals surface area (Å²) in [6.07, 6.45) is -1.84. The number of methoxy groups -OCH3 is 1. The van der Waals surface area contributed by atoms with Gasteiger partial charge in [0.2, 0.25) is 0 Å². The Bertz CT molecular complexity index is 1500. The molecule has 10 heteroatoms. The quantitative estimate of drug-likeness (QED) is 0.438. The fraction of sp³-hybridized carbons (Fsp3) is 0.217. The Morgan fingerprint density at radius 3 is 2.52 bits per heavy atom. The van der Waals surface area contributed by atoms with Crippen LogP contribution in [0.5, 0.6) is 0 Å². The molecule has 0 radical (unpaired) electrons. The summed E-state index contributed by atoms with van der Waals surface area (Å²) in [4.78, 5) is 42.9. The van der Waals surface area contributed by atoms with Gasteiger partial charge in [-0.25, -0.2) is 9.36 Å². The van der Waals surface area contributed by atoms with Crippen molar-refractivity contribution in [1.29, 1.82) is 0 Å². The molecule has 0 N–H and O–H groups in total. The Morgan fingerprint density at radius 2 is 1.82 bits per heavy atom. The summed E-state index contributed by atoms with van der Waals surface area (Å²) in [5.41, 5.74) is -2.64. The molecule has 0 bridgehead atoms. The Balaban J connectivity index is 2.11. The lowest BCUT2D eigenvalue weighted by Crippen LogP contribution is -2.40. The van der Waals surface area contributed by atoms with Gasteiger partial charge in [-0.3, -0.25) is 19.1 Å². The fourth-order valence-electron chi connectivity index (χ4n) is 3.77. The number of rotatable bonds is 4. The predicted octanol–water partition coefficient (Wildman–Crippen LogP) is 3.53. The van der Waals surface area contributed by atoms with Crippen molar-refractivity contribution < 1.29 is 22.7 Å². The average Bonchev–Trinajstić information content (AvgIpc) is 2.80. The molecule has 0 amide bonds. The Labute approximate surface area is 184 Å². The van der Waals surface area contributed by atoms with Crippen molar-refractivity contribution in [2.24, 2.45) is 5.92 Å². The minimum absolute atomic E-state index is 0.0156. The van der Waals surface area contributed by atoms with Gasteiger partial charge < -0.3 is 4.74 Å². The van der Waals surface area contributed by atoms with Gasteiger partial charge in [0.05, 0.1) is 41.4 Å². The van der Waals surface area contributed by atoms with E-state index in [-0.39, 0.29) is 23.1 Å². The molecule has 0 aliphatic heterocycles. The lowest BCUT2D eigenvalue weighted by atomic mass is 10.1. The molecular weight excluding hydrogens is 439 g/mol. The second kappa shape index (κ2) is 8.19. The number of alkyl halides is 3. The number of hydrogen-bond acceptors (Lipinski definition) is 5. The number of pyridine rings is 1. The fourth-order valence-corrected chi connectivity index (χ4v) is 3.77. The molecule has 170 valence electrons. The third-order valence-corrected chi connectivity index (χ3v) is 5.42. The minimum Gasteiger partial charge on any atom is -0.469 e. The van der Waals surface area contributed by atoms with E-state index in [0.29, 0.717) is 16.8 Å². The van der Waals surface area contributed by atoms with E-state index in [1.165, 1.54) is 20.2 Å². The van der Waals surface area contributed by atoms with Crippen molar-refractivity contribution in [2.45, 2.75) is 19.6 Å². The van der Waals surface area contributed by atoms with E-state index in [2.05, 4.69) is 4.98 Å². The zero-order valence-electron chi connectivity index (χ0n) is 17.6. The average molecular weight is 457 g/mol. The van der Waals surface area contributed by atoms with Crippen LogP contribution in [0.3, 0.4) is 0 Å². The van der Waals surface area contributed by atoms with Crippen LogP contribution in [0.1, 0.15) is 12.5 Å². The van der Waals surface area contributed by atoms with Gasteiger partial charge in [-0.15, -0.1) is 0 Å². The van der Waals surface area contributed by atoms with Crippen LogP contribution in [-0.2, 0) is 22.3 Å². The molecular formula is C23H18F3N3O4. The normalized spacial score (nSPS) is 12.8. The number of hydrogen-bond donors (Lipinski definition) is 0. The van der Waals surface area contributed by atoms with Crippen molar-refractivity contribution in [3.8, 4) is 5.69 Å². The molecule has 0 saturated carbocycles. The maximum Gasteiger partial charge on any atom is 0.416 e. The van der Waals surface area contributed by atoms with Gasteiger partial charge in [0.1, 0.15) is 0 Å². The van der Waals surface area contributed by atoms with E-state index in [0.717, 1.165) is 21.3 Å². The first-order chi connectivity index (χ1) is 15.6. The minimum atomic E-state index is -4.69. The third-order valence-electron chi connectivity index (χ3n) is 5.42. The van der Waals surface area contributed by atoms with Crippen LogP contribution in [0.4, 0.5) is 13.2 Å². The maximum absolute atomic E-state index is 13.5. The van der Waals surface area contributed by atoms with Crippen LogP contribution in [0.25, 0.3) is 27.4 Å². The van der Waals surface area contributed by atoms with Crippen molar-refractivity contribution >= 4 is 27.6 Å². The Morgan fingerprint density at radius 1 is 1.09 bits per heavy atom. The molecule has 0 aliphatic carbocycles. The number of benzene rings is 2. The molecule has 33 heavy (non-hydrogen) atoms. The first kappa shape index (κ1) is 22.3. The molecule has 7 nitrogen and oxygen atoms in total. The number of esters is 1. The third kappa shape index (κ3) is 3.88. The summed E-state index contributed by atoms with van der Waals surface area (Å²) in [6.45, 7) is 1.31. The van der Waals surface area contributed by atoms with Crippen molar-refractivity contribution in [3.05, 3.63) is 81.3 Å². The molecule has 1 atom stereocenters. The van der Waals surface area contributed by atoms with E-state index in [9.17, 15) is 27.6 Å². The summed E-state index contributed by atoms with van der Waals surface area (Å²) in [6, 6.07) is 9.44. The summed E-state index contributed by atoms with van der Waals surface area (Å²) < 4.78 is 46.7. The molecule has 2 aromatic carbocycles. The zero-order valence-corrected chi connectivity index (χ0v) is 17.6. The Hall–Kier alpha value is -3.95. The molecule has 0 spiro atoms. The highest BCUT2D eigenvalue weighted by atomic mass is 19.4. The summed E-state index contributed by atoms with van der Waals surface area (Å²) >= 11 is 0. The number of nitrogens with zero attached hydrogens (tertiary/aromatic N) is 3. The van der Waals surface area contributed by atoms with Gasteiger partial charge in [-0.1, -0.05) is 31.2 Å². The second-order valence-corrected chi connectivity index (χ2v) is 7.57. The monoisotopic (exact) mass is 457 g/mol. The highest BCUT2D eigenvalue weighted by molar-refractivity contribution is 5.89. The van der Waals surface area contributed by atoms with E-state index < -0.39 is 34.9 Å². The smallest absolute Gasteiger partial charge is 0.416 e. The van der Waals surface area contributed by atoms with Crippen molar-refractivity contribution in [1.82, 2.24) is 14.1 Å². The van der Waals surface area contributed by atoms with Crippen molar-refractivity contribution in [2.75, 3.05) is 7.11 Å². The van der Waals surface area contributed by atoms with E-state index in [4.69, 9.17) is 4.74 Å². The maximum atomic E-state index is 13.5. The molecule has 1 unspecified atom stereocenters. The summed E-state index contributed by atoms with van der Waals surface area (Å²) in [5.74, 6) is -1.40. The van der Waals surface area contributed by atoms with Gasteiger partial charge in [0, 0.05) is 23.5 Å². The van der Waals surface area contributed by atoms with Crippen LogP contribution < -0.4 is 11.2 Å². The highest BCUT2D eigenvalue weighted by Crippen LogP contribution is 2.31. The first-order valence-electron chi connectivity index (χ1n) is 9.91.